The van der Waals surface area contributed by atoms with Crippen LogP contribution in [0.25, 0.3) is 0 Å². The summed E-state index contributed by atoms with van der Waals surface area (Å²) in [5.74, 6) is -0.872. The summed E-state index contributed by atoms with van der Waals surface area (Å²) in [4.78, 5) is 13.2. The highest BCUT2D eigenvalue weighted by atomic mass is 16.4. The maximum atomic E-state index is 10.7. The molecule has 2 N–H and O–H groups in total. The van der Waals surface area contributed by atoms with E-state index in [0.717, 1.165) is 25.2 Å². The number of carboxylic acids is 1. The molecule has 1 aliphatic rings. The molecule has 0 aromatic heterocycles. The molecule has 18 heavy (non-hydrogen) atoms. The van der Waals surface area contributed by atoms with Gasteiger partial charge in [-0.05, 0) is 43.6 Å². The Hall–Kier alpha value is -1.39. The van der Waals surface area contributed by atoms with Crippen LogP contribution < -0.4 is 5.32 Å². The number of hydrogen-bond acceptors (Lipinski definition) is 3. The lowest BCUT2D eigenvalue weighted by atomic mass is 10.1. The molecule has 1 fully saturated rings. The zero-order chi connectivity index (χ0) is 12.8. The molecule has 4 nitrogen and oxygen atoms in total. The Labute approximate surface area is 108 Å². The minimum atomic E-state index is -0.872. The highest BCUT2D eigenvalue weighted by Gasteiger charge is 2.09. The SMILES string of the molecule is O=C(O)c1ccc(CNCCN2CCCC2)cc1. The minimum Gasteiger partial charge on any atom is -0.478 e. The van der Waals surface area contributed by atoms with Crippen LogP contribution in [0, 0.1) is 0 Å². The van der Waals surface area contributed by atoms with Crippen molar-refractivity contribution >= 4 is 5.97 Å². The second kappa shape index (κ2) is 6.52. The Morgan fingerprint density at radius 1 is 1.22 bits per heavy atom. The number of nitrogens with zero attached hydrogens (tertiary/aromatic N) is 1. The van der Waals surface area contributed by atoms with Gasteiger partial charge in [0.15, 0.2) is 0 Å². The monoisotopic (exact) mass is 248 g/mol. The molecule has 0 saturated carbocycles. The summed E-state index contributed by atoms with van der Waals surface area (Å²) in [6.07, 6.45) is 2.66. The van der Waals surface area contributed by atoms with Gasteiger partial charge in [-0.15, -0.1) is 0 Å². The van der Waals surface area contributed by atoms with E-state index in [0.29, 0.717) is 5.56 Å². The Morgan fingerprint density at radius 3 is 2.50 bits per heavy atom. The molecular weight excluding hydrogens is 228 g/mol. The van der Waals surface area contributed by atoms with Crippen LogP contribution >= 0.6 is 0 Å². The molecule has 1 saturated heterocycles. The van der Waals surface area contributed by atoms with E-state index < -0.39 is 5.97 Å². The molecule has 98 valence electrons. The van der Waals surface area contributed by atoms with Crippen molar-refractivity contribution in [2.75, 3.05) is 26.2 Å². The summed E-state index contributed by atoms with van der Waals surface area (Å²) in [6, 6.07) is 7.04. The fourth-order valence-corrected chi connectivity index (χ4v) is 2.24. The molecule has 1 heterocycles. The number of rotatable bonds is 6. The van der Waals surface area contributed by atoms with E-state index in [1.54, 1.807) is 12.1 Å². The van der Waals surface area contributed by atoms with Crippen LogP contribution in [0.4, 0.5) is 0 Å². The highest BCUT2D eigenvalue weighted by molar-refractivity contribution is 5.87. The van der Waals surface area contributed by atoms with Crippen molar-refractivity contribution in [3.8, 4) is 0 Å². The third kappa shape index (κ3) is 3.82. The van der Waals surface area contributed by atoms with Crippen LogP contribution in [0.3, 0.4) is 0 Å². The topological polar surface area (TPSA) is 52.6 Å². The number of likely N-dealkylation sites (tertiary alicyclic amines) is 1. The molecule has 1 aliphatic heterocycles. The maximum Gasteiger partial charge on any atom is 0.335 e. The van der Waals surface area contributed by atoms with E-state index in [2.05, 4.69) is 10.2 Å². The second-order valence-electron chi connectivity index (χ2n) is 4.73. The zero-order valence-corrected chi connectivity index (χ0v) is 10.6. The van der Waals surface area contributed by atoms with E-state index in [4.69, 9.17) is 5.11 Å². The van der Waals surface area contributed by atoms with Crippen LogP contribution in [0.1, 0.15) is 28.8 Å². The first-order valence-corrected chi connectivity index (χ1v) is 6.51. The summed E-state index contributed by atoms with van der Waals surface area (Å²) < 4.78 is 0. The van der Waals surface area contributed by atoms with E-state index in [1.165, 1.54) is 25.9 Å². The first-order valence-electron chi connectivity index (χ1n) is 6.51. The van der Waals surface area contributed by atoms with Gasteiger partial charge in [0.2, 0.25) is 0 Å². The van der Waals surface area contributed by atoms with Crippen molar-refractivity contribution < 1.29 is 9.90 Å². The molecule has 0 atom stereocenters. The second-order valence-corrected chi connectivity index (χ2v) is 4.73. The zero-order valence-electron chi connectivity index (χ0n) is 10.6. The van der Waals surface area contributed by atoms with Gasteiger partial charge in [-0.2, -0.15) is 0 Å². The van der Waals surface area contributed by atoms with E-state index in [1.807, 2.05) is 12.1 Å². The van der Waals surface area contributed by atoms with Crippen LogP contribution in [0.5, 0.6) is 0 Å². The van der Waals surface area contributed by atoms with Gasteiger partial charge in [-0.25, -0.2) is 4.79 Å². The predicted molar refractivity (Wildman–Crippen MR) is 70.8 cm³/mol. The molecule has 0 bridgehead atoms. The Morgan fingerprint density at radius 2 is 1.89 bits per heavy atom. The van der Waals surface area contributed by atoms with Gasteiger partial charge < -0.3 is 15.3 Å². The lowest BCUT2D eigenvalue weighted by Gasteiger charge is -2.14. The van der Waals surface area contributed by atoms with Gasteiger partial charge in [-0.3, -0.25) is 0 Å². The van der Waals surface area contributed by atoms with Crippen molar-refractivity contribution in [2.24, 2.45) is 0 Å². The van der Waals surface area contributed by atoms with Crippen molar-refractivity contribution in [2.45, 2.75) is 19.4 Å². The molecule has 0 radical (unpaired) electrons. The average Bonchev–Trinajstić information content (AvgIpc) is 2.88. The van der Waals surface area contributed by atoms with Gasteiger partial charge in [0.1, 0.15) is 0 Å². The van der Waals surface area contributed by atoms with E-state index in [-0.39, 0.29) is 0 Å². The van der Waals surface area contributed by atoms with Gasteiger partial charge >= 0.3 is 5.97 Å². The molecule has 4 heteroatoms. The third-order valence-corrected chi connectivity index (χ3v) is 3.33. The van der Waals surface area contributed by atoms with Gasteiger partial charge in [0.25, 0.3) is 0 Å². The number of carboxylic acid groups (broad SMARTS) is 1. The Bertz CT molecular complexity index is 383. The minimum absolute atomic E-state index is 0.343. The summed E-state index contributed by atoms with van der Waals surface area (Å²) in [5.41, 5.74) is 1.47. The van der Waals surface area contributed by atoms with Crippen molar-refractivity contribution in [3.05, 3.63) is 35.4 Å². The number of benzene rings is 1. The van der Waals surface area contributed by atoms with E-state index in [9.17, 15) is 4.79 Å². The Kier molecular flexibility index (Phi) is 4.73. The molecular formula is C14H20N2O2. The third-order valence-electron chi connectivity index (χ3n) is 3.33. The Balaban J connectivity index is 1.68. The first-order chi connectivity index (χ1) is 8.75. The number of aromatic carboxylic acids is 1. The van der Waals surface area contributed by atoms with Gasteiger partial charge in [0, 0.05) is 19.6 Å². The van der Waals surface area contributed by atoms with Gasteiger partial charge in [0.05, 0.1) is 5.56 Å². The highest BCUT2D eigenvalue weighted by Crippen LogP contribution is 2.06. The molecule has 1 aromatic carbocycles. The van der Waals surface area contributed by atoms with Crippen molar-refractivity contribution in [1.29, 1.82) is 0 Å². The lowest BCUT2D eigenvalue weighted by Crippen LogP contribution is -2.29. The standard InChI is InChI=1S/C14H20N2O2/c17-14(18)13-5-3-12(4-6-13)11-15-7-10-16-8-1-2-9-16/h3-6,15H,1-2,7-11H2,(H,17,18). The van der Waals surface area contributed by atoms with Crippen molar-refractivity contribution in [3.63, 3.8) is 0 Å². The first kappa shape index (κ1) is 13.1. The molecule has 2 rings (SSSR count). The normalized spacial score (nSPS) is 16.0. The average molecular weight is 248 g/mol. The van der Waals surface area contributed by atoms with Crippen LogP contribution in [-0.4, -0.2) is 42.2 Å². The van der Waals surface area contributed by atoms with Crippen LogP contribution in [-0.2, 0) is 6.54 Å². The smallest absolute Gasteiger partial charge is 0.335 e. The number of hydrogen-bond donors (Lipinski definition) is 2. The summed E-state index contributed by atoms with van der Waals surface area (Å²) in [5, 5.41) is 12.2. The molecule has 0 spiro atoms. The summed E-state index contributed by atoms with van der Waals surface area (Å²) in [7, 11) is 0. The number of carbonyl (C=O) groups is 1. The summed E-state index contributed by atoms with van der Waals surface area (Å²) in [6.45, 7) is 5.35. The lowest BCUT2D eigenvalue weighted by molar-refractivity contribution is 0.0697. The molecule has 0 amide bonds. The van der Waals surface area contributed by atoms with E-state index >= 15 is 0 Å². The van der Waals surface area contributed by atoms with Crippen LogP contribution in [0.2, 0.25) is 0 Å². The van der Waals surface area contributed by atoms with Gasteiger partial charge in [-0.1, -0.05) is 12.1 Å². The summed E-state index contributed by atoms with van der Waals surface area (Å²) >= 11 is 0. The van der Waals surface area contributed by atoms with Crippen molar-refractivity contribution in [1.82, 2.24) is 10.2 Å². The quantitative estimate of drug-likeness (QED) is 0.750. The molecule has 0 aliphatic carbocycles. The predicted octanol–water partition coefficient (Wildman–Crippen LogP) is 1.57. The maximum absolute atomic E-state index is 10.7. The fraction of sp³-hybridized carbons (Fsp3) is 0.500. The largest absolute Gasteiger partial charge is 0.478 e. The van der Waals surface area contributed by atoms with Crippen LogP contribution in [0.15, 0.2) is 24.3 Å². The number of nitrogens with one attached hydrogen (secondary N) is 1. The fourth-order valence-electron chi connectivity index (χ4n) is 2.24. The molecule has 0 unspecified atom stereocenters. The molecule has 1 aromatic rings.